The molecule has 0 spiro atoms. The fourth-order valence-electron chi connectivity index (χ4n) is 3.35. The van der Waals surface area contributed by atoms with Gasteiger partial charge >= 0.3 is 12.1 Å². The van der Waals surface area contributed by atoms with Gasteiger partial charge in [0.2, 0.25) is 0 Å². The number of pyridine rings is 1. The van der Waals surface area contributed by atoms with Crippen LogP contribution in [0.2, 0.25) is 0 Å². The van der Waals surface area contributed by atoms with Crippen LogP contribution in [0.3, 0.4) is 0 Å². The fraction of sp³-hybridized carbons (Fsp3) is 0.292. The Bertz CT molecular complexity index is 1190. The number of aliphatic hydroxyl groups is 1. The highest BCUT2D eigenvalue weighted by Gasteiger charge is 2.22. The third kappa shape index (κ3) is 7.06. The average molecular weight is 490 g/mol. The molecule has 1 heterocycles. The van der Waals surface area contributed by atoms with Gasteiger partial charge in [-0.1, -0.05) is 12.1 Å². The lowest BCUT2D eigenvalue weighted by Crippen LogP contribution is -2.46. The molecule has 0 aliphatic heterocycles. The lowest BCUT2D eigenvalue weighted by molar-refractivity contribution is 0.110. The van der Waals surface area contributed by atoms with Crippen molar-refractivity contribution in [2.45, 2.75) is 25.4 Å². The van der Waals surface area contributed by atoms with Gasteiger partial charge in [-0.3, -0.25) is 5.32 Å². The van der Waals surface area contributed by atoms with Gasteiger partial charge in [0.1, 0.15) is 18.2 Å². The highest BCUT2D eigenvalue weighted by atomic mass is 19.2. The minimum absolute atomic E-state index is 0.0166. The molecule has 0 radical (unpaired) electrons. The zero-order valence-corrected chi connectivity index (χ0v) is 18.9. The Morgan fingerprint density at radius 3 is 2.71 bits per heavy atom. The van der Waals surface area contributed by atoms with Crippen LogP contribution in [0.5, 0.6) is 0 Å². The fourth-order valence-corrected chi connectivity index (χ4v) is 3.35. The minimum atomic E-state index is -1.04. The van der Waals surface area contributed by atoms with Gasteiger partial charge in [0.05, 0.1) is 6.04 Å². The number of nitrogens with one attached hydrogen (secondary N) is 2. The molecule has 0 aliphatic carbocycles. The Balaban J connectivity index is 1.57. The summed E-state index contributed by atoms with van der Waals surface area (Å²) in [6.45, 7) is -0.578. The molecule has 1 atom stereocenters. The number of carbonyl (C=O) groups excluding carboxylic acids is 2. The number of urea groups is 1. The van der Waals surface area contributed by atoms with Crippen LogP contribution < -0.4 is 10.6 Å². The molecule has 3 N–H and O–H groups in total. The topological polar surface area (TPSA) is 104 Å². The van der Waals surface area contributed by atoms with Gasteiger partial charge in [0.25, 0.3) is 0 Å². The van der Waals surface area contributed by atoms with Gasteiger partial charge in [-0.15, -0.1) is 0 Å². The molecule has 0 bridgehead atoms. The Labute approximate surface area is 199 Å². The van der Waals surface area contributed by atoms with Gasteiger partial charge in [0, 0.05) is 37.3 Å². The summed E-state index contributed by atoms with van der Waals surface area (Å²) in [4.78, 5) is 30.2. The van der Waals surface area contributed by atoms with Gasteiger partial charge < -0.3 is 20.1 Å². The number of rotatable bonds is 9. The molecule has 3 rings (SSSR count). The summed E-state index contributed by atoms with van der Waals surface area (Å²) in [6, 6.07) is 8.13. The molecule has 0 saturated heterocycles. The monoisotopic (exact) mass is 490 g/mol. The molecule has 186 valence electrons. The van der Waals surface area contributed by atoms with Crippen LogP contribution in [0, 0.1) is 17.5 Å². The smallest absolute Gasteiger partial charge is 0.412 e. The molecule has 0 saturated carbocycles. The first-order valence-electron chi connectivity index (χ1n) is 10.8. The highest BCUT2D eigenvalue weighted by molar-refractivity contribution is 5.89. The number of carbonyl (C=O) groups is 2. The van der Waals surface area contributed by atoms with Crippen LogP contribution in [0.4, 0.5) is 28.6 Å². The van der Waals surface area contributed by atoms with Crippen molar-refractivity contribution >= 4 is 28.7 Å². The molecule has 3 amide bonds. The number of likely N-dealkylation sites (N-methyl/N-ethyl adjacent to an activating group) is 1. The van der Waals surface area contributed by atoms with Crippen LogP contribution in [0.15, 0.2) is 48.7 Å². The van der Waals surface area contributed by atoms with Gasteiger partial charge in [-0.25, -0.2) is 27.7 Å². The van der Waals surface area contributed by atoms with Crippen molar-refractivity contribution in [1.29, 1.82) is 0 Å². The Morgan fingerprint density at radius 2 is 1.94 bits per heavy atom. The predicted molar refractivity (Wildman–Crippen MR) is 123 cm³/mol. The standard InChI is InChI=1S/C24H25F3N4O4/c1-31(23(33)29-13-16-4-2-6-20(26)22(16)27)19(5-3-9-32)14-35-24(34)30-21-11-17-10-18(25)8-7-15(17)12-28-21/h2,4,6-8,10-12,19,32H,3,5,9,13-14H2,1H3,(H,29,33)(H,28,30,34)/t19-/m0/s1. The van der Waals surface area contributed by atoms with Crippen LogP contribution in [-0.4, -0.2) is 53.4 Å². The molecule has 1 aromatic heterocycles. The van der Waals surface area contributed by atoms with E-state index in [-0.39, 0.29) is 31.1 Å². The first-order valence-corrected chi connectivity index (χ1v) is 10.8. The van der Waals surface area contributed by atoms with Crippen molar-refractivity contribution in [3.63, 3.8) is 0 Å². The number of aromatic nitrogens is 1. The molecule has 2 aromatic carbocycles. The second-order valence-corrected chi connectivity index (χ2v) is 7.79. The number of fused-ring (bicyclic) bond motifs is 1. The van der Waals surface area contributed by atoms with Gasteiger partial charge in [-0.05, 0) is 48.6 Å². The van der Waals surface area contributed by atoms with Gasteiger partial charge in [0.15, 0.2) is 11.6 Å². The van der Waals surface area contributed by atoms with Crippen molar-refractivity contribution in [3.05, 3.63) is 71.7 Å². The van der Waals surface area contributed by atoms with E-state index in [2.05, 4.69) is 15.6 Å². The number of nitrogens with zero attached hydrogens (tertiary/aromatic N) is 2. The minimum Gasteiger partial charge on any atom is -0.447 e. The summed E-state index contributed by atoms with van der Waals surface area (Å²) in [7, 11) is 1.46. The van der Waals surface area contributed by atoms with Crippen molar-refractivity contribution in [2.24, 2.45) is 0 Å². The van der Waals surface area contributed by atoms with Crippen LogP contribution in [0.1, 0.15) is 18.4 Å². The van der Waals surface area contributed by atoms with E-state index >= 15 is 0 Å². The van der Waals surface area contributed by atoms with Crippen LogP contribution in [-0.2, 0) is 11.3 Å². The van der Waals surface area contributed by atoms with E-state index in [1.54, 1.807) is 6.07 Å². The SMILES string of the molecule is CN(C(=O)NCc1cccc(F)c1F)[C@@H](CCCO)COC(=O)Nc1cc2cc(F)ccc2cn1. The Kier molecular flexibility index (Phi) is 8.85. The number of benzene rings is 2. The maximum atomic E-state index is 13.8. The predicted octanol–water partition coefficient (Wildman–Crippen LogP) is 4.18. The number of hydrogen-bond acceptors (Lipinski definition) is 5. The molecular weight excluding hydrogens is 465 g/mol. The quantitative estimate of drug-likeness (QED) is 0.418. The number of hydrogen-bond donors (Lipinski definition) is 3. The lowest BCUT2D eigenvalue weighted by Gasteiger charge is -2.28. The van der Waals surface area contributed by atoms with Crippen LogP contribution in [0.25, 0.3) is 10.8 Å². The summed E-state index contributed by atoms with van der Waals surface area (Å²) in [5.41, 5.74) is -0.0166. The molecule has 11 heteroatoms. The lowest BCUT2D eigenvalue weighted by atomic mass is 10.1. The van der Waals surface area contributed by atoms with E-state index < -0.39 is 35.6 Å². The van der Waals surface area contributed by atoms with Crippen molar-refractivity contribution < 1.29 is 32.6 Å². The zero-order valence-electron chi connectivity index (χ0n) is 18.9. The average Bonchev–Trinajstić information content (AvgIpc) is 2.84. The first-order chi connectivity index (χ1) is 16.8. The number of halogens is 3. The summed E-state index contributed by atoms with van der Waals surface area (Å²) in [5.74, 6) is -2.33. The second kappa shape index (κ2) is 12.0. The number of ether oxygens (including phenoxy) is 1. The van der Waals surface area contributed by atoms with E-state index in [4.69, 9.17) is 4.74 Å². The summed E-state index contributed by atoms with van der Waals surface area (Å²) in [5, 5.41) is 15.4. The third-order valence-corrected chi connectivity index (χ3v) is 5.35. The van der Waals surface area contributed by atoms with E-state index in [0.717, 1.165) is 6.07 Å². The number of anilines is 1. The normalized spacial score (nSPS) is 11.7. The van der Waals surface area contributed by atoms with E-state index in [1.807, 2.05) is 0 Å². The molecule has 0 unspecified atom stereocenters. The van der Waals surface area contributed by atoms with E-state index in [1.165, 1.54) is 48.5 Å². The molecule has 0 aliphatic rings. The molecule has 35 heavy (non-hydrogen) atoms. The summed E-state index contributed by atoms with van der Waals surface area (Å²) < 4.78 is 45.9. The highest BCUT2D eigenvalue weighted by Crippen LogP contribution is 2.18. The van der Waals surface area contributed by atoms with Gasteiger partial charge in [-0.2, -0.15) is 0 Å². The zero-order chi connectivity index (χ0) is 25.4. The van der Waals surface area contributed by atoms with E-state index in [0.29, 0.717) is 23.6 Å². The van der Waals surface area contributed by atoms with Crippen molar-refractivity contribution in [3.8, 4) is 0 Å². The Hall–Kier alpha value is -3.86. The Morgan fingerprint density at radius 1 is 1.14 bits per heavy atom. The maximum Gasteiger partial charge on any atom is 0.412 e. The maximum absolute atomic E-state index is 13.8. The molecule has 0 fully saturated rings. The molecular formula is C24H25F3N4O4. The number of amides is 3. The second-order valence-electron chi connectivity index (χ2n) is 7.79. The van der Waals surface area contributed by atoms with Crippen LogP contribution >= 0.6 is 0 Å². The van der Waals surface area contributed by atoms with Crippen molar-refractivity contribution in [1.82, 2.24) is 15.2 Å². The largest absolute Gasteiger partial charge is 0.447 e. The molecule has 8 nitrogen and oxygen atoms in total. The first kappa shape index (κ1) is 25.8. The third-order valence-electron chi connectivity index (χ3n) is 5.35. The molecule has 3 aromatic rings. The summed E-state index contributed by atoms with van der Waals surface area (Å²) in [6.07, 6.45) is 1.30. The van der Waals surface area contributed by atoms with Crippen molar-refractivity contribution in [2.75, 3.05) is 25.6 Å². The summed E-state index contributed by atoms with van der Waals surface area (Å²) >= 11 is 0. The van der Waals surface area contributed by atoms with E-state index in [9.17, 15) is 27.9 Å². The number of aliphatic hydroxyl groups excluding tert-OH is 1.